The Balaban J connectivity index is 1.54. The van der Waals surface area contributed by atoms with Crippen LogP contribution in [-0.4, -0.2) is 29.8 Å². The van der Waals surface area contributed by atoms with Crippen LogP contribution in [0, 0.1) is 0 Å². The molecule has 30 heavy (non-hydrogen) atoms. The second-order valence-corrected chi connectivity index (χ2v) is 7.52. The highest BCUT2D eigenvalue weighted by molar-refractivity contribution is 6.30. The Hall–Kier alpha value is -3.31. The SMILES string of the molecule is CC(Nc1ccc(NC(=O)c2ccc(Cl)cc2)cc1)C(=O)N(C)Cc1ccccc1. The van der Waals surface area contributed by atoms with Gasteiger partial charge in [0.2, 0.25) is 5.91 Å². The number of hydrogen-bond acceptors (Lipinski definition) is 3. The number of likely N-dealkylation sites (N-methyl/N-ethyl adjacent to an activating group) is 1. The molecule has 154 valence electrons. The molecular weight excluding hydrogens is 398 g/mol. The van der Waals surface area contributed by atoms with Gasteiger partial charge in [0.15, 0.2) is 0 Å². The van der Waals surface area contributed by atoms with Gasteiger partial charge in [0.25, 0.3) is 5.91 Å². The van der Waals surface area contributed by atoms with E-state index in [1.165, 1.54) is 0 Å². The Labute approximate surface area is 181 Å². The first-order valence-corrected chi connectivity index (χ1v) is 10.0. The molecule has 0 aliphatic heterocycles. The van der Waals surface area contributed by atoms with Crippen LogP contribution in [0.4, 0.5) is 11.4 Å². The summed E-state index contributed by atoms with van der Waals surface area (Å²) >= 11 is 5.85. The fourth-order valence-electron chi connectivity index (χ4n) is 3.03. The van der Waals surface area contributed by atoms with Crippen molar-refractivity contribution in [3.63, 3.8) is 0 Å². The first-order valence-electron chi connectivity index (χ1n) is 9.65. The van der Waals surface area contributed by atoms with Crippen molar-refractivity contribution in [2.75, 3.05) is 17.7 Å². The zero-order valence-corrected chi connectivity index (χ0v) is 17.7. The fourth-order valence-corrected chi connectivity index (χ4v) is 3.16. The van der Waals surface area contributed by atoms with Crippen molar-refractivity contribution < 1.29 is 9.59 Å². The maximum Gasteiger partial charge on any atom is 0.255 e. The molecular formula is C24H24ClN3O2. The molecule has 0 aliphatic rings. The Kier molecular flexibility index (Phi) is 7.09. The van der Waals surface area contributed by atoms with Crippen molar-refractivity contribution in [1.82, 2.24) is 4.90 Å². The van der Waals surface area contributed by atoms with Gasteiger partial charge in [-0.25, -0.2) is 0 Å². The maximum atomic E-state index is 12.6. The molecule has 0 saturated heterocycles. The number of anilines is 2. The van der Waals surface area contributed by atoms with Crippen molar-refractivity contribution in [1.29, 1.82) is 0 Å². The lowest BCUT2D eigenvalue weighted by molar-refractivity contribution is -0.130. The highest BCUT2D eigenvalue weighted by Crippen LogP contribution is 2.17. The third-order valence-corrected chi connectivity index (χ3v) is 4.89. The summed E-state index contributed by atoms with van der Waals surface area (Å²) in [5, 5.41) is 6.63. The van der Waals surface area contributed by atoms with Crippen molar-refractivity contribution in [2.24, 2.45) is 0 Å². The summed E-state index contributed by atoms with van der Waals surface area (Å²) in [7, 11) is 1.79. The molecule has 6 heteroatoms. The predicted molar refractivity (Wildman–Crippen MR) is 122 cm³/mol. The van der Waals surface area contributed by atoms with Crippen LogP contribution in [0.3, 0.4) is 0 Å². The largest absolute Gasteiger partial charge is 0.374 e. The van der Waals surface area contributed by atoms with Crippen LogP contribution in [0.25, 0.3) is 0 Å². The average molecular weight is 422 g/mol. The molecule has 0 aromatic heterocycles. The van der Waals surface area contributed by atoms with Crippen molar-refractivity contribution in [2.45, 2.75) is 19.5 Å². The molecule has 0 radical (unpaired) electrons. The van der Waals surface area contributed by atoms with Gasteiger partial charge in [-0.1, -0.05) is 41.9 Å². The van der Waals surface area contributed by atoms with Gasteiger partial charge in [-0.2, -0.15) is 0 Å². The third-order valence-electron chi connectivity index (χ3n) is 4.64. The summed E-state index contributed by atoms with van der Waals surface area (Å²) in [5.74, 6) is -0.211. The molecule has 0 aliphatic carbocycles. The highest BCUT2D eigenvalue weighted by atomic mass is 35.5. The van der Waals surface area contributed by atoms with Gasteiger partial charge >= 0.3 is 0 Å². The normalized spacial score (nSPS) is 11.4. The van der Waals surface area contributed by atoms with Gasteiger partial charge in [0.05, 0.1) is 0 Å². The van der Waals surface area contributed by atoms with Gasteiger partial charge in [0, 0.05) is 35.6 Å². The standard InChI is InChI=1S/C24H24ClN3O2/c1-17(24(30)28(2)16-18-6-4-3-5-7-18)26-21-12-14-22(15-13-21)27-23(29)19-8-10-20(25)11-9-19/h3-15,17,26H,16H2,1-2H3,(H,27,29). The number of benzene rings is 3. The van der Waals surface area contributed by atoms with E-state index < -0.39 is 0 Å². The van der Waals surface area contributed by atoms with E-state index in [4.69, 9.17) is 11.6 Å². The van der Waals surface area contributed by atoms with E-state index in [-0.39, 0.29) is 17.9 Å². The van der Waals surface area contributed by atoms with E-state index in [0.717, 1.165) is 11.3 Å². The lowest BCUT2D eigenvalue weighted by atomic mass is 10.2. The molecule has 1 unspecified atom stereocenters. The van der Waals surface area contributed by atoms with Gasteiger partial charge in [-0.3, -0.25) is 9.59 Å². The van der Waals surface area contributed by atoms with Crippen LogP contribution in [0.5, 0.6) is 0 Å². The summed E-state index contributed by atoms with van der Waals surface area (Å²) < 4.78 is 0. The quantitative estimate of drug-likeness (QED) is 0.561. The van der Waals surface area contributed by atoms with Gasteiger partial charge in [-0.05, 0) is 61.0 Å². The van der Waals surface area contributed by atoms with Crippen LogP contribution >= 0.6 is 11.6 Å². The van der Waals surface area contributed by atoms with E-state index in [0.29, 0.717) is 22.8 Å². The van der Waals surface area contributed by atoms with Crippen LogP contribution < -0.4 is 10.6 Å². The molecule has 0 bridgehead atoms. The molecule has 3 rings (SSSR count). The lowest BCUT2D eigenvalue weighted by Gasteiger charge is -2.23. The number of carbonyl (C=O) groups is 2. The zero-order chi connectivity index (χ0) is 21.5. The summed E-state index contributed by atoms with van der Waals surface area (Å²) in [6, 6.07) is 23.4. The van der Waals surface area contributed by atoms with Gasteiger partial charge in [0.1, 0.15) is 6.04 Å². The summed E-state index contributed by atoms with van der Waals surface area (Å²) in [6.07, 6.45) is 0. The second kappa shape index (κ2) is 9.94. The molecule has 2 N–H and O–H groups in total. The van der Waals surface area contributed by atoms with E-state index in [9.17, 15) is 9.59 Å². The van der Waals surface area contributed by atoms with Crippen molar-refractivity contribution >= 4 is 34.8 Å². The molecule has 2 amide bonds. The van der Waals surface area contributed by atoms with E-state index >= 15 is 0 Å². The maximum absolute atomic E-state index is 12.6. The monoisotopic (exact) mass is 421 g/mol. The first kappa shape index (κ1) is 21.4. The Morgan fingerprint density at radius 1 is 0.900 bits per heavy atom. The molecule has 3 aromatic carbocycles. The molecule has 0 saturated carbocycles. The number of carbonyl (C=O) groups excluding carboxylic acids is 2. The highest BCUT2D eigenvalue weighted by Gasteiger charge is 2.17. The van der Waals surface area contributed by atoms with Crippen LogP contribution in [0.1, 0.15) is 22.8 Å². The number of nitrogens with one attached hydrogen (secondary N) is 2. The topological polar surface area (TPSA) is 61.4 Å². The Morgan fingerprint density at radius 2 is 1.50 bits per heavy atom. The molecule has 1 atom stereocenters. The fraction of sp³-hybridized carbons (Fsp3) is 0.167. The smallest absolute Gasteiger partial charge is 0.255 e. The van der Waals surface area contributed by atoms with Crippen LogP contribution in [0.2, 0.25) is 5.02 Å². The minimum atomic E-state index is -0.381. The minimum absolute atomic E-state index is 0.000953. The number of nitrogens with zero attached hydrogens (tertiary/aromatic N) is 1. The molecule has 3 aromatic rings. The predicted octanol–water partition coefficient (Wildman–Crippen LogP) is 5.05. The molecule has 0 heterocycles. The number of amides is 2. The number of halogens is 1. The molecule has 0 spiro atoms. The average Bonchev–Trinajstić information content (AvgIpc) is 2.75. The van der Waals surface area contributed by atoms with Crippen molar-refractivity contribution in [3.05, 3.63) is 95.0 Å². The van der Waals surface area contributed by atoms with E-state index in [1.54, 1.807) is 48.3 Å². The van der Waals surface area contributed by atoms with E-state index in [1.807, 2.05) is 49.4 Å². The van der Waals surface area contributed by atoms with Crippen LogP contribution in [-0.2, 0) is 11.3 Å². The van der Waals surface area contributed by atoms with Gasteiger partial charge < -0.3 is 15.5 Å². The van der Waals surface area contributed by atoms with Crippen LogP contribution in [0.15, 0.2) is 78.9 Å². The molecule has 5 nitrogen and oxygen atoms in total. The van der Waals surface area contributed by atoms with Gasteiger partial charge in [-0.15, -0.1) is 0 Å². The first-order chi connectivity index (χ1) is 14.4. The lowest BCUT2D eigenvalue weighted by Crippen LogP contribution is -2.38. The molecule has 0 fully saturated rings. The summed E-state index contributed by atoms with van der Waals surface area (Å²) in [4.78, 5) is 26.6. The minimum Gasteiger partial charge on any atom is -0.374 e. The summed E-state index contributed by atoms with van der Waals surface area (Å²) in [5.41, 5.74) is 3.08. The zero-order valence-electron chi connectivity index (χ0n) is 16.9. The second-order valence-electron chi connectivity index (χ2n) is 7.08. The number of rotatable bonds is 7. The van der Waals surface area contributed by atoms with Crippen molar-refractivity contribution in [3.8, 4) is 0 Å². The Bertz CT molecular complexity index is 989. The summed E-state index contributed by atoms with van der Waals surface area (Å²) in [6.45, 7) is 2.39. The third kappa shape index (κ3) is 5.84. The van der Waals surface area contributed by atoms with E-state index in [2.05, 4.69) is 10.6 Å². The Morgan fingerprint density at radius 3 is 2.13 bits per heavy atom. The number of hydrogen-bond donors (Lipinski definition) is 2.